The maximum absolute atomic E-state index is 7.02. The van der Waals surface area contributed by atoms with Gasteiger partial charge >= 0.3 is 0 Å². The van der Waals surface area contributed by atoms with Gasteiger partial charge < -0.3 is 13.9 Å². The summed E-state index contributed by atoms with van der Waals surface area (Å²) in [6.45, 7) is 0. The molecule has 248 valence electrons. The highest BCUT2D eigenvalue weighted by Gasteiger charge is 2.27. The monoisotopic (exact) mass is 676 g/mol. The normalized spacial score (nSPS) is 11.8. The van der Waals surface area contributed by atoms with E-state index in [1.165, 1.54) is 43.4 Å². The number of benzene rings is 9. The Morgan fingerprint density at radius 2 is 1.00 bits per heavy atom. The molecular formula is C50H32N2O. The molecule has 9 aromatic carbocycles. The van der Waals surface area contributed by atoms with Crippen molar-refractivity contribution in [3.63, 3.8) is 0 Å². The number of rotatable bonds is 5. The number of aromatic nitrogens is 1. The molecule has 0 spiro atoms. The molecule has 3 heteroatoms. The van der Waals surface area contributed by atoms with E-state index in [1.54, 1.807) is 0 Å². The fourth-order valence-corrected chi connectivity index (χ4v) is 8.41. The summed E-state index contributed by atoms with van der Waals surface area (Å²) < 4.78 is 9.43. The number of furan rings is 1. The van der Waals surface area contributed by atoms with Crippen LogP contribution >= 0.6 is 0 Å². The maximum atomic E-state index is 7.02. The quantitative estimate of drug-likeness (QED) is 0.169. The molecule has 0 amide bonds. The zero-order valence-electron chi connectivity index (χ0n) is 28.8. The summed E-state index contributed by atoms with van der Waals surface area (Å²) in [6.07, 6.45) is 0. The van der Waals surface area contributed by atoms with E-state index < -0.39 is 0 Å². The van der Waals surface area contributed by atoms with Gasteiger partial charge in [0, 0.05) is 38.3 Å². The molecule has 0 saturated carbocycles. The molecule has 53 heavy (non-hydrogen) atoms. The Labute approximate surface area is 306 Å². The molecule has 0 unspecified atom stereocenters. The Morgan fingerprint density at radius 1 is 0.396 bits per heavy atom. The number of hydrogen-bond acceptors (Lipinski definition) is 2. The minimum atomic E-state index is 0.860. The molecule has 11 rings (SSSR count). The molecule has 0 aliphatic heterocycles. The Morgan fingerprint density at radius 3 is 1.79 bits per heavy atom. The van der Waals surface area contributed by atoms with E-state index in [9.17, 15) is 0 Å². The number of anilines is 3. The summed E-state index contributed by atoms with van der Waals surface area (Å²) in [4.78, 5) is 2.42. The molecule has 0 radical (unpaired) electrons. The second-order valence-corrected chi connectivity index (χ2v) is 13.7. The van der Waals surface area contributed by atoms with Gasteiger partial charge in [-0.05, 0) is 75.8 Å². The van der Waals surface area contributed by atoms with Gasteiger partial charge in [0.2, 0.25) is 0 Å². The van der Waals surface area contributed by atoms with Crippen molar-refractivity contribution >= 4 is 82.4 Å². The van der Waals surface area contributed by atoms with Crippen LogP contribution in [0.5, 0.6) is 0 Å². The van der Waals surface area contributed by atoms with Crippen molar-refractivity contribution in [2.24, 2.45) is 0 Å². The van der Waals surface area contributed by atoms with E-state index in [-0.39, 0.29) is 0 Å². The first-order chi connectivity index (χ1) is 26.3. The second kappa shape index (κ2) is 11.7. The van der Waals surface area contributed by atoms with Crippen LogP contribution < -0.4 is 4.90 Å². The number of nitrogens with zero attached hydrogens (tertiary/aromatic N) is 2. The molecule has 0 N–H and O–H groups in total. The second-order valence-electron chi connectivity index (χ2n) is 13.7. The average molecular weight is 677 g/mol. The molecule has 2 heterocycles. The Hall–Kier alpha value is -7.10. The summed E-state index contributed by atoms with van der Waals surface area (Å²) in [5, 5.41) is 9.42. The van der Waals surface area contributed by atoms with Gasteiger partial charge in [-0.3, -0.25) is 0 Å². The van der Waals surface area contributed by atoms with Crippen LogP contribution in [0, 0.1) is 0 Å². The van der Waals surface area contributed by atoms with Crippen LogP contribution in [-0.4, -0.2) is 4.57 Å². The zero-order chi connectivity index (χ0) is 34.9. The largest absolute Gasteiger partial charge is 0.454 e. The lowest BCUT2D eigenvalue weighted by molar-refractivity contribution is 0.669. The van der Waals surface area contributed by atoms with Gasteiger partial charge in [-0.15, -0.1) is 0 Å². The fourth-order valence-electron chi connectivity index (χ4n) is 8.41. The Bertz CT molecular complexity index is 3160. The fraction of sp³-hybridized carbons (Fsp3) is 0. The van der Waals surface area contributed by atoms with Gasteiger partial charge in [0.25, 0.3) is 0 Å². The molecule has 11 aromatic rings. The van der Waals surface area contributed by atoms with Crippen LogP contribution in [0.3, 0.4) is 0 Å². The van der Waals surface area contributed by atoms with Gasteiger partial charge in [-0.2, -0.15) is 0 Å². The van der Waals surface area contributed by atoms with Gasteiger partial charge in [0.1, 0.15) is 5.58 Å². The predicted molar refractivity (Wildman–Crippen MR) is 223 cm³/mol. The average Bonchev–Trinajstić information content (AvgIpc) is 3.78. The Balaban J connectivity index is 1.31. The highest BCUT2D eigenvalue weighted by molar-refractivity contribution is 6.30. The van der Waals surface area contributed by atoms with Crippen molar-refractivity contribution in [3.8, 4) is 16.8 Å². The highest BCUT2D eigenvalue weighted by Crippen LogP contribution is 2.50. The molecule has 3 nitrogen and oxygen atoms in total. The molecular weight excluding hydrogens is 645 g/mol. The van der Waals surface area contributed by atoms with E-state index in [4.69, 9.17) is 4.42 Å². The molecule has 0 saturated heterocycles. The predicted octanol–water partition coefficient (Wildman–Crippen LogP) is 14.1. The lowest BCUT2D eigenvalue weighted by Crippen LogP contribution is -2.11. The van der Waals surface area contributed by atoms with E-state index in [1.807, 2.05) is 0 Å². The van der Waals surface area contributed by atoms with Crippen molar-refractivity contribution in [3.05, 3.63) is 194 Å². The van der Waals surface area contributed by atoms with Crippen LogP contribution in [0.4, 0.5) is 17.1 Å². The van der Waals surface area contributed by atoms with E-state index in [0.29, 0.717) is 0 Å². The summed E-state index contributed by atoms with van der Waals surface area (Å²) in [6, 6.07) is 69.6. The lowest BCUT2D eigenvalue weighted by Gasteiger charge is -2.28. The summed E-state index contributed by atoms with van der Waals surface area (Å²) in [7, 11) is 0. The summed E-state index contributed by atoms with van der Waals surface area (Å²) in [5.74, 6) is 0. The SMILES string of the molecule is c1ccc(-c2ccc(N(c3cc4ccccc4c4ccccc34)c3cc4c(c5ccccc5n4-c4ccccc4)c4c3oc3ccccc34)cc2)cc1. The Kier molecular flexibility index (Phi) is 6.55. The molecule has 0 aliphatic rings. The smallest absolute Gasteiger partial charge is 0.160 e. The summed E-state index contributed by atoms with van der Waals surface area (Å²) in [5.41, 5.74) is 10.6. The molecule has 0 aliphatic carbocycles. The standard InChI is InChI=1S/C50H32N2O/c1-3-15-33(16-4-1)34-27-29-37(30-28-34)52(44-31-35-17-7-8-20-38(35)39-21-9-10-22-40(39)44)46-32-45-48(49-42-24-12-14-26-47(42)53-50(46)49)41-23-11-13-25-43(41)51(45)36-18-5-2-6-19-36/h1-32H. The van der Waals surface area contributed by atoms with Gasteiger partial charge in [-0.25, -0.2) is 0 Å². The molecule has 0 fully saturated rings. The third kappa shape index (κ3) is 4.54. The van der Waals surface area contributed by atoms with Crippen LogP contribution in [0.2, 0.25) is 0 Å². The minimum absolute atomic E-state index is 0.860. The first kappa shape index (κ1) is 29.6. The molecule has 0 atom stereocenters. The van der Waals surface area contributed by atoms with Gasteiger partial charge in [-0.1, -0.05) is 146 Å². The van der Waals surface area contributed by atoms with E-state index in [2.05, 4.69) is 204 Å². The van der Waals surface area contributed by atoms with Crippen molar-refractivity contribution in [2.45, 2.75) is 0 Å². The third-order valence-corrected chi connectivity index (χ3v) is 10.7. The number of fused-ring (bicyclic) bond motifs is 10. The first-order valence-corrected chi connectivity index (χ1v) is 18.1. The molecule has 0 bridgehead atoms. The van der Waals surface area contributed by atoms with E-state index >= 15 is 0 Å². The lowest BCUT2D eigenvalue weighted by atomic mass is 9.98. The summed E-state index contributed by atoms with van der Waals surface area (Å²) >= 11 is 0. The molecule has 2 aromatic heterocycles. The van der Waals surface area contributed by atoms with Crippen molar-refractivity contribution < 1.29 is 4.42 Å². The van der Waals surface area contributed by atoms with Crippen LogP contribution in [0.25, 0.3) is 82.1 Å². The van der Waals surface area contributed by atoms with Crippen molar-refractivity contribution in [1.82, 2.24) is 4.57 Å². The maximum Gasteiger partial charge on any atom is 0.160 e. The van der Waals surface area contributed by atoms with Crippen molar-refractivity contribution in [2.75, 3.05) is 4.90 Å². The zero-order valence-corrected chi connectivity index (χ0v) is 28.8. The van der Waals surface area contributed by atoms with E-state index in [0.717, 1.165) is 55.7 Å². The van der Waals surface area contributed by atoms with Crippen molar-refractivity contribution in [1.29, 1.82) is 0 Å². The third-order valence-electron chi connectivity index (χ3n) is 10.7. The minimum Gasteiger partial charge on any atom is -0.454 e. The van der Waals surface area contributed by atoms with Gasteiger partial charge in [0.05, 0.1) is 22.4 Å². The first-order valence-electron chi connectivity index (χ1n) is 18.1. The van der Waals surface area contributed by atoms with Crippen LogP contribution in [-0.2, 0) is 0 Å². The van der Waals surface area contributed by atoms with Crippen LogP contribution in [0.1, 0.15) is 0 Å². The number of para-hydroxylation sites is 3. The number of hydrogen-bond donors (Lipinski definition) is 0. The topological polar surface area (TPSA) is 21.3 Å². The highest BCUT2D eigenvalue weighted by atomic mass is 16.3. The van der Waals surface area contributed by atoms with Crippen LogP contribution in [0.15, 0.2) is 199 Å². The van der Waals surface area contributed by atoms with Gasteiger partial charge in [0.15, 0.2) is 5.58 Å².